The Morgan fingerprint density at radius 1 is 0.857 bits per heavy atom. The second-order valence-electron chi connectivity index (χ2n) is 7.69. The minimum atomic E-state index is -0.283. The van der Waals surface area contributed by atoms with Crippen LogP contribution in [0.5, 0.6) is 0 Å². The van der Waals surface area contributed by atoms with Gasteiger partial charge in [0.1, 0.15) is 0 Å². The standard InChI is InChI=1S/C18H23NO2/c1-17(2,3)13-7-8-15-12(9-13)10-14(18(4,5)6)11-16(15)19(20)21/h7-11H,1-6H3. The van der Waals surface area contributed by atoms with Crippen molar-refractivity contribution in [1.29, 1.82) is 0 Å². The molecule has 0 aliphatic carbocycles. The first-order chi connectivity index (χ1) is 9.50. The van der Waals surface area contributed by atoms with Crippen LogP contribution < -0.4 is 0 Å². The van der Waals surface area contributed by atoms with E-state index in [1.165, 1.54) is 5.56 Å². The van der Waals surface area contributed by atoms with Gasteiger partial charge >= 0.3 is 0 Å². The maximum Gasteiger partial charge on any atom is 0.277 e. The van der Waals surface area contributed by atoms with Gasteiger partial charge in [-0.1, -0.05) is 59.7 Å². The van der Waals surface area contributed by atoms with Gasteiger partial charge in [0, 0.05) is 6.07 Å². The molecule has 0 saturated heterocycles. The van der Waals surface area contributed by atoms with Gasteiger partial charge in [-0.15, -0.1) is 0 Å². The average molecular weight is 285 g/mol. The number of nitro benzene ring substituents is 1. The zero-order valence-corrected chi connectivity index (χ0v) is 13.7. The van der Waals surface area contributed by atoms with Crippen LogP contribution in [0.25, 0.3) is 10.8 Å². The minimum absolute atomic E-state index is 0.0285. The molecule has 0 aliphatic heterocycles. The number of hydrogen-bond acceptors (Lipinski definition) is 2. The lowest BCUT2D eigenvalue weighted by atomic mass is 9.83. The van der Waals surface area contributed by atoms with Crippen LogP contribution in [0.4, 0.5) is 5.69 Å². The largest absolute Gasteiger partial charge is 0.277 e. The number of fused-ring (bicyclic) bond motifs is 1. The molecule has 2 rings (SSSR count). The summed E-state index contributed by atoms with van der Waals surface area (Å²) in [4.78, 5) is 11.1. The van der Waals surface area contributed by atoms with Crippen LogP contribution in [-0.4, -0.2) is 4.92 Å². The molecular weight excluding hydrogens is 262 g/mol. The maximum atomic E-state index is 11.4. The Balaban J connectivity index is 2.81. The molecule has 21 heavy (non-hydrogen) atoms. The van der Waals surface area contributed by atoms with Crippen LogP contribution in [0, 0.1) is 10.1 Å². The highest BCUT2D eigenvalue weighted by atomic mass is 16.6. The molecular formula is C18H23NO2. The Bertz CT molecular complexity index is 698. The van der Waals surface area contributed by atoms with Gasteiger partial charge in [0.2, 0.25) is 0 Å². The molecule has 0 aromatic heterocycles. The van der Waals surface area contributed by atoms with Gasteiger partial charge in [-0.3, -0.25) is 10.1 Å². The molecule has 0 amide bonds. The Kier molecular flexibility index (Phi) is 3.56. The van der Waals surface area contributed by atoms with Crippen molar-refractivity contribution in [2.24, 2.45) is 0 Å². The summed E-state index contributed by atoms with van der Waals surface area (Å²) >= 11 is 0. The molecule has 0 spiro atoms. The van der Waals surface area contributed by atoms with E-state index in [0.717, 1.165) is 10.9 Å². The van der Waals surface area contributed by atoms with Gasteiger partial charge in [0.15, 0.2) is 0 Å². The van der Waals surface area contributed by atoms with E-state index in [1.54, 1.807) is 6.07 Å². The normalized spacial score (nSPS) is 12.7. The molecule has 0 aliphatic rings. The predicted octanol–water partition coefficient (Wildman–Crippen LogP) is 5.34. The third-order valence-electron chi connectivity index (χ3n) is 3.86. The smallest absolute Gasteiger partial charge is 0.258 e. The minimum Gasteiger partial charge on any atom is -0.258 e. The summed E-state index contributed by atoms with van der Waals surface area (Å²) in [5.41, 5.74) is 2.29. The highest BCUT2D eigenvalue weighted by molar-refractivity contribution is 5.92. The van der Waals surface area contributed by atoms with Crippen LogP contribution in [-0.2, 0) is 10.8 Å². The van der Waals surface area contributed by atoms with E-state index in [1.807, 2.05) is 12.1 Å². The monoisotopic (exact) mass is 285 g/mol. The molecule has 3 heteroatoms. The van der Waals surface area contributed by atoms with E-state index in [0.29, 0.717) is 5.39 Å². The lowest BCUT2D eigenvalue weighted by Gasteiger charge is -2.22. The fourth-order valence-corrected chi connectivity index (χ4v) is 2.40. The molecule has 0 unspecified atom stereocenters. The van der Waals surface area contributed by atoms with Crippen LogP contribution >= 0.6 is 0 Å². The van der Waals surface area contributed by atoms with Crippen LogP contribution in [0.15, 0.2) is 30.3 Å². The third kappa shape index (κ3) is 3.07. The first-order valence-electron chi connectivity index (χ1n) is 7.23. The summed E-state index contributed by atoms with van der Waals surface area (Å²) in [6.07, 6.45) is 0. The van der Waals surface area contributed by atoms with Crippen molar-refractivity contribution in [3.8, 4) is 0 Å². The second-order valence-corrected chi connectivity index (χ2v) is 7.69. The molecule has 2 aromatic rings. The Hall–Kier alpha value is -1.90. The number of hydrogen-bond donors (Lipinski definition) is 0. The SMILES string of the molecule is CC(C)(C)c1ccc2c([N+](=O)[O-])cc(C(C)(C)C)cc2c1. The molecule has 0 N–H and O–H groups in total. The highest BCUT2D eigenvalue weighted by Gasteiger charge is 2.22. The number of nitrogens with zero attached hydrogens (tertiary/aromatic N) is 1. The van der Waals surface area contributed by atoms with Gasteiger partial charge in [-0.2, -0.15) is 0 Å². The summed E-state index contributed by atoms with van der Waals surface area (Å²) in [5, 5.41) is 13.0. The summed E-state index contributed by atoms with van der Waals surface area (Å²) in [6, 6.07) is 9.74. The topological polar surface area (TPSA) is 43.1 Å². The third-order valence-corrected chi connectivity index (χ3v) is 3.86. The van der Waals surface area contributed by atoms with Crippen molar-refractivity contribution in [2.45, 2.75) is 52.4 Å². The van der Waals surface area contributed by atoms with E-state index in [-0.39, 0.29) is 21.4 Å². The highest BCUT2D eigenvalue weighted by Crippen LogP contribution is 2.35. The summed E-state index contributed by atoms with van der Waals surface area (Å²) in [5.74, 6) is 0. The first-order valence-corrected chi connectivity index (χ1v) is 7.23. The van der Waals surface area contributed by atoms with Gasteiger partial charge in [-0.05, 0) is 33.4 Å². The van der Waals surface area contributed by atoms with Crippen molar-refractivity contribution in [3.05, 3.63) is 51.6 Å². The van der Waals surface area contributed by atoms with E-state index >= 15 is 0 Å². The van der Waals surface area contributed by atoms with Crippen LogP contribution in [0.1, 0.15) is 52.7 Å². The van der Waals surface area contributed by atoms with Crippen molar-refractivity contribution in [1.82, 2.24) is 0 Å². The number of non-ortho nitro benzene ring substituents is 1. The lowest BCUT2D eigenvalue weighted by molar-refractivity contribution is -0.383. The van der Waals surface area contributed by atoms with Crippen molar-refractivity contribution < 1.29 is 4.92 Å². The van der Waals surface area contributed by atoms with Crippen LogP contribution in [0.3, 0.4) is 0 Å². The fraction of sp³-hybridized carbons (Fsp3) is 0.444. The second kappa shape index (κ2) is 4.83. The number of benzene rings is 2. The quantitative estimate of drug-likeness (QED) is 0.524. The fourth-order valence-electron chi connectivity index (χ4n) is 2.40. The molecule has 3 nitrogen and oxygen atoms in total. The summed E-state index contributed by atoms with van der Waals surface area (Å²) < 4.78 is 0. The van der Waals surface area contributed by atoms with E-state index in [2.05, 4.69) is 53.7 Å². The van der Waals surface area contributed by atoms with E-state index < -0.39 is 0 Å². The van der Waals surface area contributed by atoms with Crippen molar-refractivity contribution >= 4 is 16.5 Å². The van der Waals surface area contributed by atoms with Crippen molar-refractivity contribution in [3.63, 3.8) is 0 Å². The van der Waals surface area contributed by atoms with Crippen molar-refractivity contribution in [2.75, 3.05) is 0 Å². The van der Waals surface area contributed by atoms with E-state index in [4.69, 9.17) is 0 Å². The van der Waals surface area contributed by atoms with Crippen LogP contribution in [0.2, 0.25) is 0 Å². The number of rotatable bonds is 1. The maximum absolute atomic E-state index is 11.4. The Labute approximate surface area is 126 Å². The molecule has 112 valence electrons. The Morgan fingerprint density at radius 3 is 1.86 bits per heavy atom. The molecule has 0 bridgehead atoms. The molecule has 0 fully saturated rings. The number of nitro groups is 1. The van der Waals surface area contributed by atoms with Gasteiger partial charge in [0.25, 0.3) is 5.69 Å². The average Bonchev–Trinajstić information content (AvgIpc) is 2.34. The Morgan fingerprint density at radius 2 is 1.38 bits per heavy atom. The molecule has 2 aromatic carbocycles. The van der Waals surface area contributed by atoms with Gasteiger partial charge in [0.05, 0.1) is 10.3 Å². The zero-order chi connectivity index (χ0) is 16.0. The first kappa shape index (κ1) is 15.5. The summed E-state index contributed by atoms with van der Waals surface area (Å²) in [7, 11) is 0. The molecule has 0 heterocycles. The molecule has 0 atom stereocenters. The van der Waals surface area contributed by atoms with Gasteiger partial charge in [-0.25, -0.2) is 0 Å². The zero-order valence-electron chi connectivity index (χ0n) is 13.7. The van der Waals surface area contributed by atoms with Gasteiger partial charge < -0.3 is 0 Å². The summed E-state index contributed by atoms with van der Waals surface area (Å²) in [6.45, 7) is 12.7. The van der Waals surface area contributed by atoms with E-state index in [9.17, 15) is 10.1 Å². The molecule has 0 radical (unpaired) electrons. The lowest BCUT2D eigenvalue weighted by Crippen LogP contribution is -2.13. The predicted molar refractivity (Wildman–Crippen MR) is 88.0 cm³/mol. The molecule has 0 saturated carbocycles.